The number of Topliss-reactive ketones (excluding diaryl/α,β-unsaturated/α-hetero) is 1. The van der Waals surface area contributed by atoms with Crippen LogP contribution in [0.15, 0.2) is 40.0 Å². The molecule has 2 atom stereocenters. The quantitative estimate of drug-likeness (QED) is 0.211. The highest BCUT2D eigenvalue weighted by Gasteiger charge is 2.37. The highest BCUT2D eigenvalue weighted by atomic mass is 32.2. The molecule has 1 aromatic heterocycles. The van der Waals surface area contributed by atoms with Crippen LogP contribution >= 0.6 is 11.8 Å². The molecule has 3 rings (SSSR count). The first-order valence-corrected chi connectivity index (χ1v) is 14.4. The lowest BCUT2D eigenvalue weighted by molar-refractivity contribution is -0.125. The minimum atomic E-state index is -0.767. The Balaban J connectivity index is 1.70. The van der Waals surface area contributed by atoms with E-state index in [2.05, 4.69) is 22.4 Å². The summed E-state index contributed by atoms with van der Waals surface area (Å²) in [5.41, 5.74) is 0.653. The van der Waals surface area contributed by atoms with E-state index < -0.39 is 6.04 Å². The number of piperidine rings is 1. The molecule has 1 aliphatic rings. The molecular weight excluding hydrogens is 488 g/mol. The van der Waals surface area contributed by atoms with E-state index in [0.717, 1.165) is 32.1 Å². The highest BCUT2D eigenvalue weighted by Crippen LogP contribution is 2.27. The maximum atomic E-state index is 13.5. The number of nitrogens with one attached hydrogen (secondary N) is 1. The number of hydrogen-bond acceptors (Lipinski definition) is 7. The summed E-state index contributed by atoms with van der Waals surface area (Å²) < 4.78 is 5.65. The largest absolute Gasteiger partial charge is 0.408 e. The number of hydrogen-bond donors (Lipinski definition) is 1. The van der Waals surface area contributed by atoms with Gasteiger partial charge in [-0.3, -0.25) is 14.4 Å². The van der Waals surface area contributed by atoms with E-state index in [4.69, 9.17) is 4.42 Å². The Morgan fingerprint density at radius 3 is 2.41 bits per heavy atom. The van der Waals surface area contributed by atoms with Crippen LogP contribution in [-0.4, -0.2) is 57.1 Å². The summed E-state index contributed by atoms with van der Waals surface area (Å²) in [5, 5.41) is 11.6. The van der Waals surface area contributed by atoms with Gasteiger partial charge in [0.15, 0.2) is 0 Å². The molecule has 0 radical (unpaired) electrons. The van der Waals surface area contributed by atoms with Crippen molar-refractivity contribution in [2.24, 2.45) is 11.8 Å². The third-order valence-electron chi connectivity index (χ3n) is 6.79. The summed E-state index contributed by atoms with van der Waals surface area (Å²) >= 11 is 1.39. The monoisotopic (exact) mass is 528 g/mol. The summed E-state index contributed by atoms with van der Waals surface area (Å²) in [4.78, 5) is 41.3. The van der Waals surface area contributed by atoms with Gasteiger partial charge in [0.25, 0.3) is 17.0 Å². The molecule has 9 heteroatoms. The van der Waals surface area contributed by atoms with Crippen molar-refractivity contribution in [2.75, 3.05) is 13.1 Å². The number of benzene rings is 1. The third kappa shape index (κ3) is 8.42. The Morgan fingerprint density at radius 1 is 1.05 bits per heavy atom. The maximum Gasteiger partial charge on any atom is 0.286 e. The molecule has 8 nitrogen and oxygen atoms in total. The molecule has 2 aromatic rings. The first kappa shape index (κ1) is 28.9. The van der Waals surface area contributed by atoms with E-state index in [0.29, 0.717) is 36.7 Å². The Bertz CT molecular complexity index is 1020. The van der Waals surface area contributed by atoms with Gasteiger partial charge in [-0.25, -0.2) is 0 Å². The average molecular weight is 529 g/mol. The third-order valence-corrected chi connectivity index (χ3v) is 7.63. The lowest BCUT2D eigenvalue weighted by Gasteiger charge is -2.35. The lowest BCUT2D eigenvalue weighted by Crippen LogP contribution is -2.51. The van der Waals surface area contributed by atoms with Crippen LogP contribution in [0.3, 0.4) is 0 Å². The highest BCUT2D eigenvalue weighted by molar-refractivity contribution is 7.99. The van der Waals surface area contributed by atoms with Gasteiger partial charge in [-0.2, -0.15) is 0 Å². The number of rotatable bonds is 13. The Morgan fingerprint density at radius 2 is 1.76 bits per heavy atom. The van der Waals surface area contributed by atoms with Crippen molar-refractivity contribution < 1.29 is 18.8 Å². The summed E-state index contributed by atoms with van der Waals surface area (Å²) in [7, 11) is 0. The van der Waals surface area contributed by atoms with E-state index in [1.54, 1.807) is 0 Å². The van der Waals surface area contributed by atoms with Crippen LogP contribution in [0.4, 0.5) is 0 Å². The number of carbonyl (C=O) groups is 3. The molecular formula is C28H40N4O4S. The van der Waals surface area contributed by atoms with Crippen LogP contribution in [0.2, 0.25) is 0 Å². The standard InChI is InChI=1S/C28H40N4O4S/c1-5-6-7-9-12-20(4)25(34)29-23(24(33)26-30-31-28(36-26)37-19(2)3)21-15-17-32(18-16-21)27(35)22-13-10-8-11-14-22/h8,10-11,13-14,19-21,23H,5-7,9,12,15-18H2,1-4H3,(H,29,34). The summed E-state index contributed by atoms with van der Waals surface area (Å²) in [6, 6.07) is 8.44. The van der Waals surface area contributed by atoms with Gasteiger partial charge in [0.05, 0.1) is 0 Å². The fourth-order valence-corrected chi connectivity index (χ4v) is 5.21. The van der Waals surface area contributed by atoms with Gasteiger partial charge >= 0.3 is 0 Å². The number of likely N-dealkylation sites (tertiary alicyclic amines) is 1. The van der Waals surface area contributed by atoms with Crippen molar-refractivity contribution in [3.8, 4) is 0 Å². The fourth-order valence-electron chi connectivity index (χ4n) is 4.59. The predicted molar refractivity (Wildman–Crippen MR) is 145 cm³/mol. The normalized spacial score (nSPS) is 16.0. The average Bonchev–Trinajstić information content (AvgIpc) is 3.37. The van der Waals surface area contributed by atoms with Crippen molar-refractivity contribution in [3.63, 3.8) is 0 Å². The van der Waals surface area contributed by atoms with Crippen molar-refractivity contribution >= 4 is 29.4 Å². The van der Waals surface area contributed by atoms with E-state index in [9.17, 15) is 14.4 Å². The van der Waals surface area contributed by atoms with E-state index >= 15 is 0 Å². The van der Waals surface area contributed by atoms with Crippen LogP contribution < -0.4 is 5.32 Å². The molecule has 1 saturated heterocycles. The van der Waals surface area contributed by atoms with Gasteiger partial charge in [-0.15, -0.1) is 10.2 Å². The molecule has 2 heterocycles. The van der Waals surface area contributed by atoms with Crippen molar-refractivity contribution in [2.45, 2.75) is 89.2 Å². The van der Waals surface area contributed by atoms with E-state index in [-0.39, 0.29) is 40.6 Å². The summed E-state index contributed by atoms with van der Waals surface area (Å²) in [6.07, 6.45) is 6.37. The topological polar surface area (TPSA) is 105 Å². The van der Waals surface area contributed by atoms with Crippen LogP contribution in [-0.2, 0) is 4.79 Å². The van der Waals surface area contributed by atoms with Crippen molar-refractivity contribution in [3.05, 3.63) is 41.8 Å². The SMILES string of the molecule is CCCCCCC(C)C(=O)NC(C(=O)c1nnc(SC(C)C)o1)C1CCN(C(=O)c2ccccc2)CC1. The second-order valence-electron chi connectivity index (χ2n) is 10.1. The zero-order valence-electron chi connectivity index (χ0n) is 22.4. The zero-order chi connectivity index (χ0) is 26.8. The van der Waals surface area contributed by atoms with Gasteiger partial charge in [0.1, 0.15) is 6.04 Å². The van der Waals surface area contributed by atoms with E-state index in [1.807, 2.05) is 56.0 Å². The van der Waals surface area contributed by atoms with Gasteiger partial charge < -0.3 is 14.6 Å². The predicted octanol–water partition coefficient (Wildman–Crippen LogP) is 5.40. The molecule has 2 unspecified atom stereocenters. The Labute approximate surface area is 224 Å². The van der Waals surface area contributed by atoms with Crippen LogP contribution in [0.25, 0.3) is 0 Å². The van der Waals surface area contributed by atoms with Crippen molar-refractivity contribution in [1.29, 1.82) is 0 Å². The second-order valence-corrected chi connectivity index (χ2v) is 11.7. The molecule has 1 N–H and O–H groups in total. The number of amides is 2. The first-order chi connectivity index (χ1) is 17.8. The molecule has 0 spiro atoms. The summed E-state index contributed by atoms with van der Waals surface area (Å²) in [6.45, 7) is 9.12. The molecule has 1 aromatic carbocycles. The molecule has 0 bridgehead atoms. The van der Waals surface area contributed by atoms with Gasteiger partial charge in [0.2, 0.25) is 11.7 Å². The van der Waals surface area contributed by atoms with Gasteiger partial charge in [-0.1, -0.05) is 83.3 Å². The molecule has 0 saturated carbocycles. The van der Waals surface area contributed by atoms with Crippen LogP contribution in [0, 0.1) is 11.8 Å². The molecule has 37 heavy (non-hydrogen) atoms. The summed E-state index contributed by atoms with van der Waals surface area (Å²) in [5.74, 6) is -0.902. The maximum absolute atomic E-state index is 13.5. The number of ketones is 1. The molecule has 1 fully saturated rings. The fraction of sp³-hybridized carbons (Fsp3) is 0.607. The van der Waals surface area contributed by atoms with Crippen LogP contribution in [0.5, 0.6) is 0 Å². The molecule has 2 amide bonds. The minimum absolute atomic E-state index is 0.0149. The smallest absolute Gasteiger partial charge is 0.286 e. The number of aromatic nitrogens is 2. The minimum Gasteiger partial charge on any atom is -0.408 e. The zero-order valence-corrected chi connectivity index (χ0v) is 23.3. The number of thioether (sulfide) groups is 1. The number of carbonyl (C=O) groups excluding carboxylic acids is 3. The Hall–Kier alpha value is -2.68. The van der Waals surface area contributed by atoms with Gasteiger partial charge in [0, 0.05) is 29.8 Å². The van der Waals surface area contributed by atoms with Gasteiger partial charge in [-0.05, 0) is 37.3 Å². The van der Waals surface area contributed by atoms with Crippen molar-refractivity contribution in [1.82, 2.24) is 20.4 Å². The molecule has 0 aliphatic carbocycles. The lowest BCUT2D eigenvalue weighted by atomic mass is 9.86. The Kier molecular flexibility index (Phi) is 11.2. The molecule has 1 aliphatic heterocycles. The number of nitrogens with zero attached hydrogens (tertiary/aromatic N) is 3. The van der Waals surface area contributed by atoms with E-state index in [1.165, 1.54) is 11.8 Å². The molecule has 202 valence electrons. The first-order valence-electron chi connectivity index (χ1n) is 13.5. The number of unbranched alkanes of at least 4 members (excludes halogenated alkanes) is 3. The second kappa shape index (κ2) is 14.3. The van der Waals surface area contributed by atoms with Crippen LogP contribution in [0.1, 0.15) is 93.7 Å².